The first-order valence-electron chi connectivity index (χ1n) is 12.3. The number of hydrogen-bond donors (Lipinski definition) is 0. The van der Waals surface area contributed by atoms with Gasteiger partial charge in [0.25, 0.3) is 0 Å². The summed E-state index contributed by atoms with van der Waals surface area (Å²) in [6, 6.07) is 40.7. The molecule has 0 saturated heterocycles. The van der Waals surface area contributed by atoms with E-state index in [0.717, 1.165) is 54.2 Å². The van der Waals surface area contributed by atoms with Crippen LogP contribution in [0.4, 0.5) is 0 Å². The molecule has 0 radical (unpaired) electrons. The van der Waals surface area contributed by atoms with Gasteiger partial charge in [-0.1, -0.05) is 113 Å². The van der Waals surface area contributed by atoms with Crippen molar-refractivity contribution in [1.82, 2.24) is 15.0 Å². The maximum absolute atomic E-state index is 6.30. The van der Waals surface area contributed by atoms with Gasteiger partial charge in [-0.05, 0) is 29.8 Å². The number of hydrogen-bond acceptors (Lipinski definition) is 4. The number of benzene rings is 5. The van der Waals surface area contributed by atoms with Gasteiger partial charge in [0.2, 0.25) is 0 Å². The summed E-state index contributed by atoms with van der Waals surface area (Å²) >= 11 is 3.52. The molecule has 180 valence electrons. The first-order chi connectivity index (χ1) is 18.7. The minimum atomic E-state index is 0.621. The van der Waals surface area contributed by atoms with E-state index in [-0.39, 0.29) is 0 Å². The first-order valence-corrected chi connectivity index (χ1v) is 13.1. The molecule has 2 heterocycles. The van der Waals surface area contributed by atoms with Crippen molar-refractivity contribution in [3.05, 3.63) is 126 Å². The summed E-state index contributed by atoms with van der Waals surface area (Å²) in [7, 11) is 0. The van der Waals surface area contributed by atoms with Crippen LogP contribution in [0.25, 0.3) is 67.2 Å². The zero-order chi connectivity index (χ0) is 25.5. The quantitative estimate of drug-likeness (QED) is 0.218. The Morgan fingerprint density at radius 1 is 0.474 bits per heavy atom. The van der Waals surface area contributed by atoms with Crippen molar-refractivity contribution in [3.8, 4) is 45.3 Å². The summed E-state index contributed by atoms with van der Waals surface area (Å²) in [6.07, 6.45) is 0. The van der Waals surface area contributed by atoms with Gasteiger partial charge in [-0.2, -0.15) is 0 Å². The smallest absolute Gasteiger partial charge is 0.164 e. The lowest BCUT2D eigenvalue weighted by molar-refractivity contribution is 0.670. The number of nitrogens with zero attached hydrogens (tertiary/aromatic N) is 3. The highest BCUT2D eigenvalue weighted by molar-refractivity contribution is 9.10. The average molecular weight is 554 g/mol. The Morgan fingerprint density at radius 3 is 1.84 bits per heavy atom. The van der Waals surface area contributed by atoms with Gasteiger partial charge >= 0.3 is 0 Å². The van der Waals surface area contributed by atoms with E-state index in [0.29, 0.717) is 17.5 Å². The fraction of sp³-hybridized carbons (Fsp3) is 0. The summed E-state index contributed by atoms with van der Waals surface area (Å²) in [5, 5.41) is 2.22. The summed E-state index contributed by atoms with van der Waals surface area (Å²) in [5.41, 5.74) is 6.62. The summed E-state index contributed by atoms with van der Waals surface area (Å²) in [5.74, 6) is 1.89. The molecule has 0 aliphatic heterocycles. The van der Waals surface area contributed by atoms with Crippen LogP contribution in [0.3, 0.4) is 0 Å². The van der Waals surface area contributed by atoms with Crippen molar-refractivity contribution >= 4 is 37.9 Å². The van der Waals surface area contributed by atoms with Crippen LogP contribution < -0.4 is 0 Å². The molecule has 0 amide bonds. The number of para-hydroxylation sites is 2. The van der Waals surface area contributed by atoms with Crippen LogP contribution in [-0.2, 0) is 0 Å². The highest BCUT2D eigenvalue weighted by Gasteiger charge is 2.15. The second-order valence-corrected chi connectivity index (χ2v) is 9.96. The summed E-state index contributed by atoms with van der Waals surface area (Å²) in [4.78, 5) is 14.6. The molecule has 0 fully saturated rings. The lowest BCUT2D eigenvalue weighted by Crippen LogP contribution is -2.00. The van der Waals surface area contributed by atoms with E-state index < -0.39 is 0 Å². The number of halogens is 1. The minimum absolute atomic E-state index is 0.621. The van der Waals surface area contributed by atoms with Gasteiger partial charge in [-0.25, -0.2) is 15.0 Å². The lowest BCUT2D eigenvalue weighted by atomic mass is 10.00. The molecule has 0 bridgehead atoms. The third-order valence-corrected chi connectivity index (χ3v) is 7.13. The second-order valence-electron chi connectivity index (χ2n) is 9.04. The zero-order valence-electron chi connectivity index (χ0n) is 20.2. The van der Waals surface area contributed by atoms with Crippen molar-refractivity contribution in [2.24, 2.45) is 0 Å². The number of aromatic nitrogens is 3. The Labute approximate surface area is 227 Å². The average Bonchev–Trinajstić information content (AvgIpc) is 3.37. The van der Waals surface area contributed by atoms with E-state index in [2.05, 4.69) is 52.3 Å². The highest BCUT2D eigenvalue weighted by atomic mass is 79.9. The van der Waals surface area contributed by atoms with Gasteiger partial charge in [0.15, 0.2) is 17.5 Å². The van der Waals surface area contributed by atoms with E-state index in [4.69, 9.17) is 19.4 Å². The van der Waals surface area contributed by atoms with Gasteiger partial charge < -0.3 is 4.42 Å². The van der Waals surface area contributed by atoms with Gasteiger partial charge in [0, 0.05) is 37.5 Å². The Bertz CT molecular complexity index is 1930. The van der Waals surface area contributed by atoms with Crippen LogP contribution in [-0.4, -0.2) is 15.0 Å². The topological polar surface area (TPSA) is 51.8 Å². The van der Waals surface area contributed by atoms with Crippen LogP contribution in [0.15, 0.2) is 130 Å². The molecule has 0 aliphatic rings. The Balaban J connectivity index is 1.39. The summed E-state index contributed by atoms with van der Waals surface area (Å²) in [6.45, 7) is 0. The van der Waals surface area contributed by atoms with Gasteiger partial charge in [-0.3, -0.25) is 0 Å². The molecule has 0 N–H and O–H groups in total. The highest BCUT2D eigenvalue weighted by Crippen LogP contribution is 2.37. The van der Waals surface area contributed by atoms with Crippen molar-refractivity contribution in [2.45, 2.75) is 0 Å². The predicted molar refractivity (Wildman–Crippen MR) is 157 cm³/mol. The molecule has 5 aromatic carbocycles. The lowest BCUT2D eigenvalue weighted by Gasteiger charge is -2.10. The molecule has 4 nitrogen and oxygen atoms in total. The monoisotopic (exact) mass is 553 g/mol. The molecular weight excluding hydrogens is 534 g/mol. The fourth-order valence-electron chi connectivity index (χ4n) is 4.75. The van der Waals surface area contributed by atoms with E-state index in [1.807, 2.05) is 84.9 Å². The van der Waals surface area contributed by atoms with Gasteiger partial charge in [0.1, 0.15) is 11.2 Å². The minimum Gasteiger partial charge on any atom is -0.455 e. The van der Waals surface area contributed by atoms with Crippen LogP contribution >= 0.6 is 15.9 Å². The van der Waals surface area contributed by atoms with Crippen molar-refractivity contribution in [2.75, 3.05) is 0 Å². The standard InChI is InChI=1S/C33H20BrN3O/c34-25-18-16-22(17-19-25)32-35-31(21-8-2-1-3-9-21)36-33(37-32)24-11-6-10-23(20-24)26-13-7-14-28-27-12-4-5-15-29(27)38-30(26)28/h1-20H. The Kier molecular flexibility index (Phi) is 5.56. The number of fused-ring (bicyclic) bond motifs is 3. The maximum atomic E-state index is 6.30. The van der Waals surface area contributed by atoms with E-state index in [1.165, 1.54) is 0 Å². The maximum Gasteiger partial charge on any atom is 0.164 e. The molecule has 7 rings (SSSR count). The molecule has 38 heavy (non-hydrogen) atoms. The SMILES string of the molecule is Brc1ccc(-c2nc(-c3ccccc3)nc(-c3cccc(-c4cccc5c4oc4ccccc45)c3)n2)cc1. The van der Waals surface area contributed by atoms with Crippen molar-refractivity contribution in [1.29, 1.82) is 0 Å². The van der Waals surface area contributed by atoms with Crippen LogP contribution in [0.2, 0.25) is 0 Å². The van der Waals surface area contributed by atoms with Gasteiger partial charge in [0.05, 0.1) is 0 Å². The Hall–Kier alpha value is -4.61. The van der Waals surface area contributed by atoms with E-state index in [1.54, 1.807) is 0 Å². The molecule has 0 spiro atoms. The Morgan fingerprint density at radius 2 is 1.05 bits per heavy atom. The van der Waals surface area contributed by atoms with E-state index >= 15 is 0 Å². The second kappa shape index (κ2) is 9.36. The number of rotatable bonds is 4. The van der Waals surface area contributed by atoms with Crippen LogP contribution in [0.1, 0.15) is 0 Å². The molecule has 0 unspecified atom stereocenters. The molecule has 7 aromatic rings. The summed E-state index contributed by atoms with van der Waals surface area (Å²) < 4.78 is 7.31. The molecule has 2 aromatic heterocycles. The predicted octanol–water partition coefficient (Wildman–Crippen LogP) is 9.20. The fourth-order valence-corrected chi connectivity index (χ4v) is 5.01. The first kappa shape index (κ1) is 22.6. The van der Waals surface area contributed by atoms with Crippen LogP contribution in [0.5, 0.6) is 0 Å². The van der Waals surface area contributed by atoms with E-state index in [9.17, 15) is 0 Å². The largest absolute Gasteiger partial charge is 0.455 e. The molecular formula is C33H20BrN3O. The molecule has 0 saturated carbocycles. The third kappa shape index (κ3) is 4.07. The third-order valence-electron chi connectivity index (χ3n) is 6.61. The van der Waals surface area contributed by atoms with Crippen molar-refractivity contribution < 1.29 is 4.42 Å². The zero-order valence-corrected chi connectivity index (χ0v) is 21.8. The number of furan rings is 1. The molecule has 0 aliphatic carbocycles. The normalized spacial score (nSPS) is 11.3. The van der Waals surface area contributed by atoms with Gasteiger partial charge in [-0.15, -0.1) is 0 Å². The molecule has 0 atom stereocenters. The van der Waals surface area contributed by atoms with Crippen molar-refractivity contribution in [3.63, 3.8) is 0 Å². The molecule has 5 heteroatoms. The van der Waals surface area contributed by atoms with Crippen LogP contribution in [0, 0.1) is 0 Å².